The summed E-state index contributed by atoms with van der Waals surface area (Å²) in [6, 6.07) is 12.4. The minimum atomic E-state index is -0.537. The highest BCUT2D eigenvalue weighted by Gasteiger charge is 2.17. The van der Waals surface area contributed by atoms with Crippen molar-refractivity contribution >= 4 is 23.5 Å². The van der Waals surface area contributed by atoms with Gasteiger partial charge in [0.1, 0.15) is 17.5 Å². The third-order valence-electron chi connectivity index (χ3n) is 4.03. The monoisotopic (exact) mass is 457 g/mol. The molecule has 4 aromatic rings. The Morgan fingerprint density at radius 3 is 1.58 bits per heavy atom. The Balaban J connectivity index is 1.38. The number of hydrogen-bond acceptors (Lipinski definition) is 12. The summed E-state index contributed by atoms with van der Waals surface area (Å²) in [5.41, 5.74) is 1.37. The van der Waals surface area contributed by atoms with Gasteiger partial charge in [-0.2, -0.15) is 14.3 Å². The molecule has 0 amide bonds. The number of benzene rings is 2. The summed E-state index contributed by atoms with van der Waals surface area (Å²) >= 11 is 2.59. The number of rotatable bonds is 9. The number of nitroso groups, excluding NO2 is 1. The van der Waals surface area contributed by atoms with Crippen molar-refractivity contribution in [2.75, 3.05) is 11.5 Å². The number of phenolic OH excluding ortho intramolecular Hbond substituents is 2. The molecule has 2 heterocycles. The zero-order chi connectivity index (χ0) is 21.6. The first-order valence-electron chi connectivity index (χ1n) is 8.87. The standard InChI is InChI=1S/C17H15N9O3S2/c27-14-5-1-12(2-6-14)25-16(18-21-23-25)30-9-11(20-29)10-31-17-19-22-24-26(17)13-3-7-15(28)8-4-13/h1-8,11,27-28H,9-10H2. The van der Waals surface area contributed by atoms with Gasteiger partial charge in [-0.05, 0) is 69.4 Å². The van der Waals surface area contributed by atoms with Crippen LogP contribution in [0, 0.1) is 4.91 Å². The number of tetrazole rings is 2. The summed E-state index contributed by atoms with van der Waals surface area (Å²) in [5, 5.41) is 46.3. The Morgan fingerprint density at radius 1 is 0.774 bits per heavy atom. The van der Waals surface area contributed by atoms with E-state index < -0.39 is 6.04 Å². The molecule has 0 aliphatic heterocycles. The molecule has 2 aromatic carbocycles. The summed E-state index contributed by atoms with van der Waals surface area (Å²) in [4.78, 5) is 11.4. The first-order valence-corrected chi connectivity index (χ1v) is 10.8. The Morgan fingerprint density at radius 2 is 1.19 bits per heavy atom. The van der Waals surface area contributed by atoms with Crippen LogP contribution in [0.15, 0.2) is 64.0 Å². The van der Waals surface area contributed by atoms with E-state index in [4.69, 9.17) is 0 Å². The molecular formula is C17H15N9O3S2. The van der Waals surface area contributed by atoms with Gasteiger partial charge in [0.15, 0.2) is 0 Å². The fourth-order valence-corrected chi connectivity index (χ4v) is 4.41. The van der Waals surface area contributed by atoms with Gasteiger partial charge >= 0.3 is 0 Å². The van der Waals surface area contributed by atoms with Crippen molar-refractivity contribution in [3.8, 4) is 22.9 Å². The number of nitrogens with zero attached hydrogens (tertiary/aromatic N) is 9. The molecule has 14 heteroatoms. The normalized spacial score (nSPS) is 11.1. The second-order valence-corrected chi connectivity index (χ2v) is 8.13. The fraction of sp³-hybridized carbons (Fsp3) is 0.176. The molecule has 0 unspecified atom stereocenters. The quantitative estimate of drug-likeness (QED) is 0.280. The Hall–Kier alpha value is -3.52. The van der Waals surface area contributed by atoms with Crippen LogP contribution in [-0.4, -0.2) is 68.2 Å². The van der Waals surface area contributed by atoms with Crippen LogP contribution in [0.4, 0.5) is 0 Å². The molecule has 0 spiro atoms. The number of phenols is 2. The molecule has 31 heavy (non-hydrogen) atoms. The van der Waals surface area contributed by atoms with Crippen molar-refractivity contribution < 1.29 is 10.2 Å². The molecule has 0 radical (unpaired) electrons. The van der Waals surface area contributed by atoms with Gasteiger partial charge in [-0.1, -0.05) is 28.7 Å². The minimum Gasteiger partial charge on any atom is -0.508 e. The maximum atomic E-state index is 11.4. The molecule has 0 saturated heterocycles. The van der Waals surface area contributed by atoms with Gasteiger partial charge in [-0.25, -0.2) is 0 Å². The second-order valence-electron chi connectivity index (χ2n) is 6.16. The zero-order valence-electron chi connectivity index (χ0n) is 15.8. The number of aromatic nitrogens is 8. The molecule has 0 fully saturated rings. The Bertz CT molecular complexity index is 1060. The molecule has 0 aliphatic rings. The van der Waals surface area contributed by atoms with Gasteiger partial charge in [-0.15, -0.1) is 10.2 Å². The lowest BCUT2D eigenvalue weighted by molar-refractivity contribution is 0.474. The van der Waals surface area contributed by atoms with Gasteiger partial charge in [0.25, 0.3) is 0 Å². The van der Waals surface area contributed by atoms with Crippen LogP contribution in [0.25, 0.3) is 11.4 Å². The van der Waals surface area contributed by atoms with Crippen LogP contribution in [0.1, 0.15) is 0 Å². The topological polar surface area (TPSA) is 157 Å². The zero-order valence-corrected chi connectivity index (χ0v) is 17.4. The highest BCUT2D eigenvalue weighted by atomic mass is 32.2. The van der Waals surface area contributed by atoms with E-state index >= 15 is 0 Å². The van der Waals surface area contributed by atoms with E-state index in [1.54, 1.807) is 24.3 Å². The van der Waals surface area contributed by atoms with Crippen LogP contribution in [0.2, 0.25) is 0 Å². The first-order chi connectivity index (χ1) is 15.1. The molecule has 0 atom stereocenters. The highest BCUT2D eigenvalue weighted by Crippen LogP contribution is 2.25. The minimum absolute atomic E-state index is 0.142. The summed E-state index contributed by atoms with van der Waals surface area (Å²) in [7, 11) is 0. The van der Waals surface area contributed by atoms with E-state index in [-0.39, 0.29) is 11.5 Å². The molecule has 2 aromatic heterocycles. The third-order valence-corrected chi connectivity index (χ3v) is 6.16. The molecule has 4 rings (SSSR count). The first kappa shape index (κ1) is 20.7. The van der Waals surface area contributed by atoms with Crippen molar-refractivity contribution in [3.05, 3.63) is 53.4 Å². The number of aromatic hydroxyl groups is 2. The maximum absolute atomic E-state index is 11.4. The van der Waals surface area contributed by atoms with Crippen LogP contribution in [-0.2, 0) is 0 Å². The van der Waals surface area contributed by atoms with Crippen LogP contribution in [0.3, 0.4) is 0 Å². The lowest BCUT2D eigenvalue weighted by Gasteiger charge is -2.09. The number of hydrogen-bond donors (Lipinski definition) is 2. The smallest absolute Gasteiger partial charge is 0.214 e. The molecule has 158 valence electrons. The van der Waals surface area contributed by atoms with E-state index in [1.165, 1.54) is 57.2 Å². The van der Waals surface area contributed by atoms with Crippen molar-refractivity contribution in [2.24, 2.45) is 5.18 Å². The van der Waals surface area contributed by atoms with Gasteiger partial charge in [0.2, 0.25) is 10.3 Å². The fourth-order valence-electron chi connectivity index (χ4n) is 2.50. The summed E-state index contributed by atoms with van der Waals surface area (Å²) in [6.07, 6.45) is 0. The third kappa shape index (κ3) is 4.97. The Labute approximate surface area is 183 Å². The molecule has 2 N–H and O–H groups in total. The SMILES string of the molecule is O=NC(CSc1nnnn1-c1ccc(O)cc1)CSc1nnnn1-c1ccc(O)cc1. The van der Waals surface area contributed by atoms with Crippen LogP contribution < -0.4 is 0 Å². The largest absolute Gasteiger partial charge is 0.508 e. The average molecular weight is 458 g/mol. The Kier molecular flexibility index (Phi) is 6.37. The van der Waals surface area contributed by atoms with E-state index in [9.17, 15) is 15.1 Å². The van der Waals surface area contributed by atoms with E-state index in [0.717, 1.165) is 0 Å². The van der Waals surface area contributed by atoms with Crippen molar-refractivity contribution in [1.82, 2.24) is 40.4 Å². The molecule has 0 saturated carbocycles. The van der Waals surface area contributed by atoms with Gasteiger partial charge in [-0.3, -0.25) is 0 Å². The summed E-state index contributed by atoms with van der Waals surface area (Å²) < 4.78 is 3.04. The molecular weight excluding hydrogens is 442 g/mol. The van der Waals surface area contributed by atoms with E-state index in [2.05, 4.69) is 36.2 Å². The lowest BCUT2D eigenvalue weighted by atomic mass is 10.3. The average Bonchev–Trinajstić information content (AvgIpc) is 3.45. The molecule has 12 nitrogen and oxygen atoms in total. The van der Waals surface area contributed by atoms with Crippen molar-refractivity contribution in [2.45, 2.75) is 16.4 Å². The predicted molar refractivity (Wildman–Crippen MR) is 113 cm³/mol. The second kappa shape index (κ2) is 9.53. The van der Waals surface area contributed by atoms with Gasteiger partial charge in [0, 0.05) is 11.5 Å². The van der Waals surface area contributed by atoms with Crippen LogP contribution in [0.5, 0.6) is 11.5 Å². The predicted octanol–water partition coefficient (Wildman–Crippen LogP) is 2.07. The lowest BCUT2D eigenvalue weighted by Crippen LogP contribution is -2.12. The van der Waals surface area contributed by atoms with E-state index in [1.807, 2.05) is 0 Å². The highest BCUT2D eigenvalue weighted by molar-refractivity contribution is 8.00. The summed E-state index contributed by atoms with van der Waals surface area (Å²) in [5.74, 6) is 0.997. The number of thioether (sulfide) groups is 2. The summed E-state index contributed by atoms with van der Waals surface area (Å²) in [6.45, 7) is 0. The molecule has 0 bridgehead atoms. The van der Waals surface area contributed by atoms with Gasteiger partial charge in [0.05, 0.1) is 11.4 Å². The maximum Gasteiger partial charge on any atom is 0.214 e. The van der Waals surface area contributed by atoms with Crippen LogP contribution >= 0.6 is 23.5 Å². The van der Waals surface area contributed by atoms with Crippen molar-refractivity contribution in [1.29, 1.82) is 0 Å². The van der Waals surface area contributed by atoms with Crippen molar-refractivity contribution in [3.63, 3.8) is 0 Å². The van der Waals surface area contributed by atoms with E-state index in [0.29, 0.717) is 33.2 Å². The molecule has 0 aliphatic carbocycles. The van der Waals surface area contributed by atoms with Gasteiger partial charge < -0.3 is 10.2 Å².